The van der Waals surface area contributed by atoms with E-state index in [1.807, 2.05) is 49.4 Å². The summed E-state index contributed by atoms with van der Waals surface area (Å²) in [7, 11) is 0. The molecule has 7 heteroatoms. The van der Waals surface area contributed by atoms with E-state index in [-0.39, 0.29) is 24.4 Å². The molecule has 1 aliphatic heterocycles. The Morgan fingerprint density at radius 2 is 1.71 bits per heavy atom. The van der Waals surface area contributed by atoms with Crippen LogP contribution in [0.1, 0.15) is 36.8 Å². The fraction of sp³-hybridized carbons (Fsp3) is 0.259. The van der Waals surface area contributed by atoms with Gasteiger partial charge < -0.3 is 10.2 Å². The zero-order valence-electron chi connectivity index (χ0n) is 19.0. The van der Waals surface area contributed by atoms with Gasteiger partial charge in [-0.1, -0.05) is 55.5 Å². The summed E-state index contributed by atoms with van der Waals surface area (Å²) in [5.74, 6) is -2.29. The summed E-state index contributed by atoms with van der Waals surface area (Å²) in [5.41, 5.74) is 2.62. The molecule has 1 unspecified atom stereocenters. The Bertz CT molecular complexity index is 1170. The van der Waals surface area contributed by atoms with E-state index in [9.17, 15) is 18.4 Å². The highest BCUT2D eigenvalue weighted by atomic mass is 19.2. The number of nitrogens with zero attached hydrogens (tertiary/aromatic N) is 2. The van der Waals surface area contributed by atoms with Crippen molar-refractivity contribution in [2.75, 3.05) is 23.3 Å². The second-order valence-electron chi connectivity index (χ2n) is 8.34. The Kier molecular flexibility index (Phi) is 7.21. The van der Waals surface area contributed by atoms with Crippen molar-refractivity contribution in [3.05, 3.63) is 95.6 Å². The predicted molar refractivity (Wildman–Crippen MR) is 129 cm³/mol. The van der Waals surface area contributed by atoms with E-state index >= 15 is 0 Å². The molecule has 0 spiro atoms. The second kappa shape index (κ2) is 10.5. The summed E-state index contributed by atoms with van der Waals surface area (Å²) in [6.07, 6.45) is 1.35. The Labute approximate surface area is 198 Å². The van der Waals surface area contributed by atoms with Crippen molar-refractivity contribution in [3.63, 3.8) is 0 Å². The van der Waals surface area contributed by atoms with Crippen LogP contribution < -0.4 is 10.2 Å². The van der Waals surface area contributed by atoms with Gasteiger partial charge in [-0.2, -0.15) is 0 Å². The minimum Gasteiger partial charge on any atom is -0.324 e. The lowest BCUT2D eigenvalue weighted by Gasteiger charge is -2.36. The molecule has 1 saturated heterocycles. The van der Waals surface area contributed by atoms with Crippen LogP contribution in [0.3, 0.4) is 0 Å². The zero-order chi connectivity index (χ0) is 24.1. The van der Waals surface area contributed by atoms with Gasteiger partial charge in [-0.05, 0) is 48.2 Å². The normalized spacial score (nSPS) is 14.7. The number of rotatable bonds is 7. The van der Waals surface area contributed by atoms with Crippen LogP contribution in [0.25, 0.3) is 0 Å². The minimum absolute atomic E-state index is 0.135. The summed E-state index contributed by atoms with van der Waals surface area (Å²) in [6.45, 7) is 3.14. The van der Waals surface area contributed by atoms with Gasteiger partial charge in [0.05, 0.1) is 17.3 Å². The fourth-order valence-electron chi connectivity index (χ4n) is 4.30. The number of amides is 3. The smallest absolute Gasteiger partial charge is 0.324 e. The number of urea groups is 1. The molecule has 0 bridgehead atoms. The van der Waals surface area contributed by atoms with Gasteiger partial charge in [0.2, 0.25) is 5.91 Å². The third kappa shape index (κ3) is 5.09. The average Bonchev–Trinajstić information content (AvgIpc) is 2.84. The number of benzene rings is 3. The summed E-state index contributed by atoms with van der Waals surface area (Å²) >= 11 is 0. The van der Waals surface area contributed by atoms with Gasteiger partial charge >= 0.3 is 6.03 Å². The first-order valence-corrected chi connectivity index (χ1v) is 11.4. The second-order valence-corrected chi connectivity index (χ2v) is 8.34. The van der Waals surface area contributed by atoms with Gasteiger partial charge in [-0.3, -0.25) is 9.69 Å². The van der Waals surface area contributed by atoms with E-state index in [4.69, 9.17) is 0 Å². The van der Waals surface area contributed by atoms with Crippen LogP contribution in [-0.4, -0.2) is 29.9 Å². The lowest BCUT2D eigenvalue weighted by Crippen LogP contribution is -2.49. The Balaban J connectivity index is 1.53. The molecule has 3 amide bonds. The molecular weight excluding hydrogens is 436 g/mol. The highest BCUT2D eigenvalue weighted by Crippen LogP contribution is 2.31. The van der Waals surface area contributed by atoms with Gasteiger partial charge in [-0.25, -0.2) is 13.6 Å². The zero-order valence-corrected chi connectivity index (χ0v) is 19.0. The van der Waals surface area contributed by atoms with Crippen molar-refractivity contribution >= 4 is 23.3 Å². The lowest BCUT2D eigenvalue weighted by molar-refractivity contribution is -0.117. The van der Waals surface area contributed by atoms with Crippen molar-refractivity contribution < 1.29 is 18.4 Å². The van der Waals surface area contributed by atoms with Crippen LogP contribution in [0.5, 0.6) is 0 Å². The number of nitrogens with one attached hydrogen (secondary N) is 1. The summed E-state index contributed by atoms with van der Waals surface area (Å²) in [5, 5.41) is 3.01. The summed E-state index contributed by atoms with van der Waals surface area (Å²) in [4.78, 5) is 29.7. The van der Waals surface area contributed by atoms with E-state index in [1.165, 1.54) is 6.07 Å². The summed E-state index contributed by atoms with van der Waals surface area (Å²) in [6, 6.07) is 20.2. The van der Waals surface area contributed by atoms with E-state index in [1.54, 1.807) is 21.9 Å². The standard InChI is InChI=1S/C27H27F2N3O2/c1-2-21(20-9-4-3-5-10-20)26(33)30-24-11-6-7-12-25(24)32-16-8-15-31(27(32)34)18-19-13-14-22(28)23(29)17-19/h3-7,9-14,17,21H,2,8,15-16,18H2,1H3,(H,30,33). The molecule has 0 aliphatic carbocycles. The molecule has 4 rings (SSSR count). The third-order valence-corrected chi connectivity index (χ3v) is 6.05. The number of carbonyl (C=O) groups excluding carboxylic acids is 2. The maximum absolute atomic E-state index is 13.6. The summed E-state index contributed by atoms with van der Waals surface area (Å²) < 4.78 is 26.9. The number of hydrogen-bond donors (Lipinski definition) is 1. The highest BCUT2D eigenvalue weighted by Gasteiger charge is 2.29. The maximum atomic E-state index is 13.6. The van der Waals surface area contributed by atoms with Crippen LogP contribution in [0.4, 0.5) is 25.0 Å². The molecule has 1 fully saturated rings. The van der Waals surface area contributed by atoms with Gasteiger partial charge in [0.15, 0.2) is 11.6 Å². The third-order valence-electron chi connectivity index (χ3n) is 6.05. The van der Waals surface area contributed by atoms with Crippen molar-refractivity contribution in [1.82, 2.24) is 4.90 Å². The molecule has 1 N–H and O–H groups in total. The van der Waals surface area contributed by atoms with Gasteiger partial charge in [0.25, 0.3) is 0 Å². The van der Waals surface area contributed by atoms with Crippen molar-refractivity contribution in [2.45, 2.75) is 32.2 Å². The quantitative estimate of drug-likeness (QED) is 0.472. The number of carbonyl (C=O) groups is 2. The molecule has 0 aromatic heterocycles. The first-order valence-electron chi connectivity index (χ1n) is 11.4. The van der Waals surface area contributed by atoms with Crippen LogP contribution in [0.2, 0.25) is 0 Å². The molecule has 3 aromatic carbocycles. The topological polar surface area (TPSA) is 52.7 Å². The van der Waals surface area contributed by atoms with Crippen molar-refractivity contribution in [1.29, 1.82) is 0 Å². The minimum atomic E-state index is -0.934. The maximum Gasteiger partial charge on any atom is 0.324 e. The molecule has 5 nitrogen and oxygen atoms in total. The lowest BCUT2D eigenvalue weighted by atomic mass is 9.95. The van der Waals surface area contributed by atoms with Crippen LogP contribution in [-0.2, 0) is 11.3 Å². The van der Waals surface area contributed by atoms with Crippen LogP contribution >= 0.6 is 0 Å². The van der Waals surface area contributed by atoms with E-state index in [0.29, 0.717) is 42.9 Å². The SMILES string of the molecule is CCC(C(=O)Nc1ccccc1N1CCCN(Cc2ccc(F)c(F)c2)C1=O)c1ccccc1. The number of anilines is 2. The molecule has 0 saturated carbocycles. The predicted octanol–water partition coefficient (Wildman–Crippen LogP) is 5.93. The number of hydrogen-bond acceptors (Lipinski definition) is 2. The highest BCUT2D eigenvalue weighted by molar-refractivity contribution is 6.02. The van der Waals surface area contributed by atoms with Crippen molar-refractivity contribution in [3.8, 4) is 0 Å². The van der Waals surface area contributed by atoms with E-state index in [0.717, 1.165) is 17.7 Å². The Morgan fingerprint density at radius 3 is 2.44 bits per heavy atom. The molecule has 34 heavy (non-hydrogen) atoms. The first-order chi connectivity index (χ1) is 16.5. The van der Waals surface area contributed by atoms with Crippen LogP contribution in [0.15, 0.2) is 72.8 Å². The van der Waals surface area contributed by atoms with Crippen LogP contribution in [0, 0.1) is 11.6 Å². The molecule has 176 valence electrons. The van der Waals surface area contributed by atoms with E-state index in [2.05, 4.69) is 5.32 Å². The largest absolute Gasteiger partial charge is 0.324 e. The molecule has 1 heterocycles. The molecule has 1 atom stereocenters. The van der Waals surface area contributed by atoms with E-state index < -0.39 is 11.6 Å². The molecule has 1 aliphatic rings. The fourth-order valence-corrected chi connectivity index (χ4v) is 4.30. The molecular formula is C27H27F2N3O2. The average molecular weight is 464 g/mol. The first kappa shape index (κ1) is 23.4. The monoisotopic (exact) mass is 463 g/mol. The molecule has 3 aromatic rings. The van der Waals surface area contributed by atoms with Gasteiger partial charge in [0, 0.05) is 19.6 Å². The molecule has 0 radical (unpaired) electrons. The van der Waals surface area contributed by atoms with Gasteiger partial charge in [0.1, 0.15) is 0 Å². The van der Waals surface area contributed by atoms with Gasteiger partial charge in [-0.15, -0.1) is 0 Å². The van der Waals surface area contributed by atoms with Crippen molar-refractivity contribution in [2.24, 2.45) is 0 Å². The number of para-hydroxylation sites is 2. The Morgan fingerprint density at radius 1 is 0.971 bits per heavy atom. The Hall–Kier alpha value is -3.74. The number of halogens is 2.